The van der Waals surface area contributed by atoms with Crippen molar-refractivity contribution in [3.63, 3.8) is 0 Å². The van der Waals surface area contributed by atoms with Crippen LogP contribution in [0.5, 0.6) is 0 Å². The van der Waals surface area contributed by atoms with Crippen molar-refractivity contribution in [2.24, 2.45) is 0 Å². The third-order valence-electron chi connectivity index (χ3n) is 11.1. The van der Waals surface area contributed by atoms with Gasteiger partial charge >= 0.3 is 0 Å². The number of hydrogen-bond acceptors (Lipinski definition) is 9. The maximum Gasteiger partial charge on any atom is 0.211 e. The van der Waals surface area contributed by atoms with Crippen molar-refractivity contribution in [2.75, 3.05) is 11.5 Å². The Morgan fingerprint density at radius 2 is 1.32 bits per heavy atom. The van der Waals surface area contributed by atoms with Gasteiger partial charge in [-0.25, -0.2) is 0 Å². The molecule has 11 rings (SSSR count). The molecule has 0 radical (unpaired) electrons. The smallest absolute Gasteiger partial charge is 0.211 e. The summed E-state index contributed by atoms with van der Waals surface area (Å²) in [5.74, 6) is 2.17. The van der Waals surface area contributed by atoms with Crippen molar-refractivity contribution < 1.29 is 8.83 Å². The molecule has 0 saturated heterocycles. The van der Waals surface area contributed by atoms with Crippen LogP contribution in [0.2, 0.25) is 0 Å². The summed E-state index contributed by atoms with van der Waals surface area (Å²) >= 11 is 15.9. The first kappa shape index (κ1) is 36.7. The van der Waals surface area contributed by atoms with Gasteiger partial charge in [-0.2, -0.15) is 12.6 Å². The zero-order valence-corrected chi connectivity index (χ0v) is 36.9. The van der Waals surface area contributed by atoms with Crippen molar-refractivity contribution >= 4 is 135 Å². The molecule has 3 nitrogen and oxygen atoms in total. The Labute approximate surface area is 361 Å². The van der Waals surface area contributed by atoms with Gasteiger partial charge < -0.3 is 8.83 Å². The molecule has 0 spiro atoms. The van der Waals surface area contributed by atoms with Crippen LogP contribution in [0.25, 0.3) is 83.9 Å². The van der Waals surface area contributed by atoms with E-state index in [0.717, 1.165) is 58.5 Å². The molecule has 0 saturated carbocycles. The first-order chi connectivity index (χ1) is 28.2. The SMILES string of the molecule is SCCCCCCCn1c2oc3cc(C4=CCC(c5ccc(C6=CCCS6)s5)S4)ccc3c2c2c3ccc(-c4ccc(-c5ccc(-c6cccs6)s5)s4)cc3oc21. The average molecular weight is 874 g/mol. The Balaban J connectivity index is 0.920. The van der Waals surface area contributed by atoms with E-state index in [-0.39, 0.29) is 0 Å². The van der Waals surface area contributed by atoms with Crippen LogP contribution in [-0.2, 0) is 6.54 Å². The molecule has 2 aliphatic heterocycles. The fourth-order valence-electron chi connectivity index (χ4n) is 8.26. The van der Waals surface area contributed by atoms with Crippen LogP contribution >= 0.6 is 81.5 Å². The van der Waals surface area contributed by atoms with E-state index < -0.39 is 0 Å². The van der Waals surface area contributed by atoms with E-state index in [0.29, 0.717) is 5.25 Å². The van der Waals surface area contributed by atoms with E-state index in [1.165, 1.54) is 104 Å². The number of benzene rings is 2. The lowest BCUT2D eigenvalue weighted by atomic mass is 10.1. The van der Waals surface area contributed by atoms with Crippen LogP contribution in [0.4, 0.5) is 0 Å². The first-order valence-electron chi connectivity index (χ1n) is 19.7. The van der Waals surface area contributed by atoms with Crippen molar-refractivity contribution in [2.45, 2.75) is 56.7 Å². The van der Waals surface area contributed by atoms with Crippen molar-refractivity contribution in [3.05, 3.63) is 118 Å². The van der Waals surface area contributed by atoms with E-state index in [4.69, 9.17) is 8.83 Å². The molecule has 2 aromatic carbocycles. The van der Waals surface area contributed by atoms with Gasteiger partial charge in [-0.15, -0.1) is 68.9 Å². The number of furan rings is 2. The van der Waals surface area contributed by atoms with Crippen molar-refractivity contribution in [3.8, 4) is 29.9 Å². The van der Waals surface area contributed by atoms with Gasteiger partial charge in [0.15, 0.2) is 0 Å². The number of fused-ring (bicyclic) bond motifs is 7. The summed E-state index contributed by atoms with van der Waals surface area (Å²) in [7, 11) is 0. The summed E-state index contributed by atoms with van der Waals surface area (Å²) in [6.45, 7) is 0.865. The number of allylic oxidation sites excluding steroid dienone is 2. The summed E-state index contributed by atoms with van der Waals surface area (Å²) in [6, 6.07) is 31.7. The van der Waals surface area contributed by atoms with Gasteiger partial charge in [-0.05, 0) is 115 Å². The van der Waals surface area contributed by atoms with Gasteiger partial charge in [0.05, 0.1) is 10.8 Å². The van der Waals surface area contributed by atoms with Gasteiger partial charge in [0.2, 0.25) is 11.4 Å². The molecule has 9 heterocycles. The molecule has 1 atom stereocenters. The minimum atomic E-state index is 0.469. The predicted molar refractivity (Wildman–Crippen MR) is 258 cm³/mol. The van der Waals surface area contributed by atoms with Gasteiger partial charge in [0.25, 0.3) is 0 Å². The predicted octanol–water partition coefficient (Wildman–Crippen LogP) is 17.1. The zero-order chi connectivity index (χ0) is 37.9. The molecular formula is C47H39NO2S7. The molecule has 286 valence electrons. The molecule has 0 aliphatic carbocycles. The van der Waals surface area contributed by atoms with Crippen LogP contribution in [0.15, 0.2) is 111 Å². The number of aryl methyl sites for hydroxylation is 1. The second kappa shape index (κ2) is 15.7. The number of nitrogens with zero attached hydrogens (tertiary/aromatic N) is 1. The Bertz CT molecular complexity index is 2960. The lowest BCUT2D eigenvalue weighted by Gasteiger charge is -2.08. The molecule has 0 bridgehead atoms. The molecular weight excluding hydrogens is 835 g/mol. The summed E-state index contributed by atoms with van der Waals surface area (Å²) in [4.78, 5) is 12.2. The topological polar surface area (TPSA) is 31.2 Å². The molecule has 1 unspecified atom stereocenters. The Kier molecular flexibility index (Phi) is 10.1. The van der Waals surface area contributed by atoms with E-state index in [2.05, 4.69) is 120 Å². The second-order valence-corrected chi connectivity index (χ2v) is 21.8. The average Bonchev–Trinajstić information content (AvgIpc) is 4.07. The Morgan fingerprint density at radius 3 is 2.05 bits per heavy atom. The number of aromatic nitrogens is 1. The fourth-order valence-corrected chi connectivity index (χ4v) is 15.0. The van der Waals surface area contributed by atoms with Gasteiger partial charge in [-0.1, -0.05) is 49.6 Å². The van der Waals surface area contributed by atoms with Crippen LogP contribution in [0.1, 0.15) is 65.5 Å². The molecule has 2 aliphatic rings. The summed E-state index contributed by atoms with van der Waals surface area (Å²) in [5, 5.41) is 7.25. The molecule has 10 heteroatoms. The summed E-state index contributed by atoms with van der Waals surface area (Å²) in [6.07, 6.45) is 13.0. The quantitative estimate of drug-likeness (QED) is 0.0924. The van der Waals surface area contributed by atoms with Crippen molar-refractivity contribution in [1.29, 1.82) is 0 Å². The lowest BCUT2D eigenvalue weighted by molar-refractivity contribution is 0.528. The Morgan fingerprint density at radius 1 is 0.632 bits per heavy atom. The summed E-state index contributed by atoms with van der Waals surface area (Å²) in [5.41, 5.74) is 6.15. The molecule has 0 fully saturated rings. The molecule has 9 aromatic rings. The largest absolute Gasteiger partial charge is 0.439 e. The zero-order valence-electron chi connectivity index (χ0n) is 31.1. The molecule has 57 heavy (non-hydrogen) atoms. The van der Waals surface area contributed by atoms with E-state index >= 15 is 0 Å². The van der Waals surface area contributed by atoms with Gasteiger partial charge in [0.1, 0.15) is 11.2 Å². The molecule has 7 aromatic heterocycles. The van der Waals surface area contributed by atoms with Crippen LogP contribution in [-0.4, -0.2) is 16.1 Å². The van der Waals surface area contributed by atoms with Gasteiger partial charge in [-0.3, -0.25) is 4.57 Å². The van der Waals surface area contributed by atoms with E-state index in [1.54, 1.807) is 11.3 Å². The number of thiol groups is 1. The summed E-state index contributed by atoms with van der Waals surface area (Å²) < 4.78 is 16.0. The van der Waals surface area contributed by atoms with Crippen LogP contribution < -0.4 is 0 Å². The minimum absolute atomic E-state index is 0.469. The number of hydrogen-bond donors (Lipinski definition) is 1. The maximum atomic E-state index is 6.86. The van der Waals surface area contributed by atoms with E-state index in [1.807, 2.05) is 57.5 Å². The fraction of sp³-hybridized carbons (Fsp3) is 0.234. The standard InChI is InChI=1S/C47H39NO2S7/c51-23-5-3-1-2-4-22-48-46-44(30-12-10-28(26-32(30)49-46)34-14-16-40(54-34)42-20-18-38(56-42)36-8-6-24-52-36)45-31-13-11-29(27-33(31)50-47(45)48)35-15-17-41(55-35)43-21-19-39(57-43)37-9-7-25-53-37/h6,8-16,18-21,24,26-27,41,51H,1-5,7,17,22-23,25H2. The van der Waals surface area contributed by atoms with Crippen LogP contribution in [0, 0.1) is 0 Å². The number of rotatable bonds is 13. The highest BCUT2D eigenvalue weighted by molar-refractivity contribution is 8.09. The monoisotopic (exact) mass is 873 g/mol. The third kappa shape index (κ3) is 6.83. The third-order valence-corrected chi connectivity index (χ3v) is 18.9. The van der Waals surface area contributed by atoms with Crippen LogP contribution in [0.3, 0.4) is 0 Å². The van der Waals surface area contributed by atoms with Crippen molar-refractivity contribution in [1.82, 2.24) is 4.57 Å². The van der Waals surface area contributed by atoms with Gasteiger partial charge in [0, 0.05) is 72.3 Å². The molecule has 0 amide bonds. The normalized spacial score (nSPS) is 16.0. The number of thioether (sulfide) groups is 2. The molecule has 0 N–H and O–H groups in total. The first-order valence-corrected chi connectivity index (χ1v) is 25.6. The second-order valence-electron chi connectivity index (χ2n) is 14.8. The highest BCUT2D eigenvalue weighted by Crippen LogP contribution is 2.52. The highest BCUT2D eigenvalue weighted by Gasteiger charge is 2.27. The lowest BCUT2D eigenvalue weighted by Crippen LogP contribution is -1.96. The Hall–Kier alpha value is -3.35. The van der Waals surface area contributed by atoms with E-state index in [9.17, 15) is 0 Å². The highest BCUT2D eigenvalue weighted by atomic mass is 32.2. The minimum Gasteiger partial charge on any atom is -0.439 e. The maximum absolute atomic E-state index is 6.86. The number of thiophene rings is 4. The number of unbranched alkanes of at least 4 members (excludes halogenated alkanes) is 4.